The predicted octanol–water partition coefficient (Wildman–Crippen LogP) is 3.40. The monoisotopic (exact) mass is 307 g/mol. The number of aryl methyl sites for hydroxylation is 2. The van der Waals surface area contributed by atoms with E-state index in [2.05, 4.69) is 51.7 Å². The van der Waals surface area contributed by atoms with E-state index in [1.165, 1.54) is 5.69 Å². The van der Waals surface area contributed by atoms with E-state index in [1.807, 2.05) is 12.1 Å². The Balaban J connectivity index is 2.33. The Hall–Kier alpha value is -1.29. The van der Waals surface area contributed by atoms with Crippen LogP contribution in [0.1, 0.15) is 30.8 Å². The second kappa shape index (κ2) is 5.57. The summed E-state index contributed by atoms with van der Waals surface area (Å²) in [5.41, 5.74) is 10.2. The number of anilines is 1. The molecule has 18 heavy (non-hydrogen) atoms. The predicted molar refractivity (Wildman–Crippen MR) is 78.6 cm³/mol. The molecule has 0 saturated heterocycles. The number of nitrogens with zero attached hydrogens (tertiary/aromatic N) is 2. The highest BCUT2D eigenvalue weighted by molar-refractivity contribution is 9.10. The highest BCUT2D eigenvalue weighted by Gasteiger charge is 2.09. The van der Waals surface area contributed by atoms with Gasteiger partial charge in [0.05, 0.1) is 12.2 Å². The summed E-state index contributed by atoms with van der Waals surface area (Å²) in [6, 6.07) is 8.13. The molecule has 2 rings (SSSR count). The molecule has 1 aromatic carbocycles. The number of halogens is 1. The van der Waals surface area contributed by atoms with Crippen LogP contribution in [0.4, 0.5) is 5.69 Å². The molecule has 4 heteroatoms. The lowest BCUT2D eigenvalue weighted by molar-refractivity contribution is 0.639. The maximum absolute atomic E-state index is 5.90. The normalized spacial score (nSPS) is 10.8. The molecule has 2 aromatic rings. The number of hydrogen-bond donors (Lipinski definition) is 1. The lowest BCUT2D eigenvalue weighted by atomic mass is 10.2. The van der Waals surface area contributed by atoms with Gasteiger partial charge in [0.25, 0.3) is 0 Å². The van der Waals surface area contributed by atoms with Crippen molar-refractivity contribution in [3.63, 3.8) is 0 Å². The van der Waals surface area contributed by atoms with Crippen LogP contribution in [0.3, 0.4) is 0 Å². The molecular formula is C14H18BrN3. The van der Waals surface area contributed by atoms with Crippen LogP contribution in [-0.2, 0) is 19.4 Å². The Morgan fingerprint density at radius 2 is 2.06 bits per heavy atom. The van der Waals surface area contributed by atoms with Gasteiger partial charge < -0.3 is 5.73 Å². The van der Waals surface area contributed by atoms with E-state index in [0.717, 1.165) is 40.8 Å². The summed E-state index contributed by atoms with van der Waals surface area (Å²) in [6.07, 6.45) is 1.96. The van der Waals surface area contributed by atoms with Gasteiger partial charge in [-0.3, -0.25) is 4.68 Å². The van der Waals surface area contributed by atoms with E-state index in [9.17, 15) is 0 Å². The second-order valence-corrected chi connectivity index (χ2v) is 5.11. The number of nitrogen functional groups attached to an aromatic ring is 1. The molecule has 0 aliphatic carbocycles. The first kappa shape index (κ1) is 13.1. The zero-order valence-electron chi connectivity index (χ0n) is 10.8. The van der Waals surface area contributed by atoms with Gasteiger partial charge in [0.1, 0.15) is 0 Å². The van der Waals surface area contributed by atoms with Gasteiger partial charge in [-0.2, -0.15) is 5.10 Å². The van der Waals surface area contributed by atoms with Crippen molar-refractivity contribution in [2.75, 3.05) is 5.73 Å². The molecule has 0 radical (unpaired) electrons. The molecule has 0 fully saturated rings. The average molecular weight is 308 g/mol. The van der Waals surface area contributed by atoms with Crippen LogP contribution in [0.25, 0.3) is 0 Å². The lowest BCUT2D eigenvalue weighted by Gasteiger charge is -2.09. The smallest absolute Gasteiger partial charge is 0.0674 e. The van der Waals surface area contributed by atoms with Crippen LogP contribution < -0.4 is 5.73 Å². The molecule has 0 saturated carbocycles. The maximum atomic E-state index is 5.90. The molecule has 0 amide bonds. The first-order chi connectivity index (χ1) is 8.65. The van der Waals surface area contributed by atoms with Gasteiger partial charge in [-0.15, -0.1) is 0 Å². The van der Waals surface area contributed by atoms with E-state index in [-0.39, 0.29) is 0 Å². The minimum Gasteiger partial charge on any atom is -0.398 e. The van der Waals surface area contributed by atoms with E-state index in [4.69, 9.17) is 5.73 Å². The molecule has 0 aliphatic heterocycles. The number of hydrogen-bond acceptors (Lipinski definition) is 2. The molecule has 1 aromatic heterocycles. The summed E-state index contributed by atoms with van der Waals surface area (Å²) in [5, 5.41) is 4.62. The molecule has 0 spiro atoms. The van der Waals surface area contributed by atoms with Crippen LogP contribution in [0.15, 0.2) is 28.7 Å². The van der Waals surface area contributed by atoms with Gasteiger partial charge >= 0.3 is 0 Å². The third-order valence-corrected chi connectivity index (χ3v) is 4.03. The summed E-state index contributed by atoms with van der Waals surface area (Å²) < 4.78 is 3.04. The molecule has 1 heterocycles. The van der Waals surface area contributed by atoms with E-state index >= 15 is 0 Å². The highest BCUT2D eigenvalue weighted by Crippen LogP contribution is 2.24. The molecule has 2 N–H and O–H groups in total. The minimum atomic E-state index is 0.759. The van der Waals surface area contributed by atoms with Crippen molar-refractivity contribution < 1.29 is 0 Å². The topological polar surface area (TPSA) is 43.8 Å². The number of rotatable bonds is 4. The Morgan fingerprint density at radius 3 is 2.72 bits per heavy atom. The Bertz CT molecular complexity index is 546. The van der Waals surface area contributed by atoms with Crippen LogP contribution in [0.2, 0.25) is 0 Å². The Kier molecular flexibility index (Phi) is 4.07. The van der Waals surface area contributed by atoms with E-state index in [1.54, 1.807) is 0 Å². The van der Waals surface area contributed by atoms with Gasteiger partial charge in [0.15, 0.2) is 0 Å². The summed E-state index contributed by atoms with van der Waals surface area (Å²) >= 11 is 3.54. The third kappa shape index (κ3) is 2.58. The molecule has 0 aliphatic rings. The highest BCUT2D eigenvalue weighted by atomic mass is 79.9. The second-order valence-electron chi connectivity index (χ2n) is 4.31. The first-order valence-corrected chi connectivity index (χ1v) is 7.03. The molecule has 0 unspecified atom stereocenters. The summed E-state index contributed by atoms with van der Waals surface area (Å²) in [5.74, 6) is 0. The minimum absolute atomic E-state index is 0.759. The SMILES string of the molecule is CCc1cc(CC)n(Cc2cccc(N)c2Br)n1. The Labute approximate surface area is 116 Å². The number of aromatic nitrogens is 2. The number of benzene rings is 1. The van der Waals surface area contributed by atoms with Crippen molar-refractivity contribution in [2.45, 2.75) is 33.2 Å². The standard InChI is InChI=1S/C14H18BrN3/c1-3-11-8-12(4-2)18(17-11)9-10-6-5-7-13(16)14(10)15/h5-8H,3-4,9,16H2,1-2H3. The van der Waals surface area contributed by atoms with Crippen LogP contribution in [0, 0.1) is 0 Å². The molecule has 3 nitrogen and oxygen atoms in total. The maximum Gasteiger partial charge on any atom is 0.0674 e. The molecular weight excluding hydrogens is 290 g/mol. The van der Waals surface area contributed by atoms with Gasteiger partial charge in [-0.05, 0) is 46.5 Å². The fraction of sp³-hybridized carbons (Fsp3) is 0.357. The van der Waals surface area contributed by atoms with Crippen molar-refractivity contribution in [2.24, 2.45) is 0 Å². The van der Waals surface area contributed by atoms with Gasteiger partial charge in [-0.1, -0.05) is 26.0 Å². The van der Waals surface area contributed by atoms with Crippen LogP contribution in [-0.4, -0.2) is 9.78 Å². The first-order valence-electron chi connectivity index (χ1n) is 6.24. The fourth-order valence-electron chi connectivity index (χ4n) is 1.99. The summed E-state index contributed by atoms with van der Waals surface area (Å²) in [7, 11) is 0. The van der Waals surface area contributed by atoms with Gasteiger partial charge in [-0.25, -0.2) is 0 Å². The molecule has 0 bridgehead atoms. The third-order valence-electron chi connectivity index (χ3n) is 3.07. The van der Waals surface area contributed by atoms with Crippen LogP contribution >= 0.6 is 15.9 Å². The van der Waals surface area contributed by atoms with E-state index in [0.29, 0.717) is 0 Å². The Morgan fingerprint density at radius 1 is 1.28 bits per heavy atom. The van der Waals surface area contributed by atoms with Gasteiger partial charge in [0.2, 0.25) is 0 Å². The zero-order chi connectivity index (χ0) is 13.1. The van der Waals surface area contributed by atoms with Crippen molar-refractivity contribution in [1.29, 1.82) is 0 Å². The van der Waals surface area contributed by atoms with Gasteiger partial charge in [0, 0.05) is 15.9 Å². The van der Waals surface area contributed by atoms with Crippen molar-refractivity contribution in [1.82, 2.24) is 9.78 Å². The quantitative estimate of drug-likeness (QED) is 0.880. The lowest BCUT2D eigenvalue weighted by Crippen LogP contribution is -2.07. The number of nitrogens with two attached hydrogens (primary N) is 1. The van der Waals surface area contributed by atoms with Crippen molar-refractivity contribution in [3.05, 3.63) is 45.7 Å². The largest absolute Gasteiger partial charge is 0.398 e. The average Bonchev–Trinajstić information content (AvgIpc) is 2.77. The molecule has 0 atom stereocenters. The zero-order valence-corrected chi connectivity index (χ0v) is 12.4. The van der Waals surface area contributed by atoms with Crippen molar-refractivity contribution >= 4 is 21.6 Å². The summed E-state index contributed by atoms with van der Waals surface area (Å²) in [4.78, 5) is 0. The molecule has 96 valence electrons. The summed E-state index contributed by atoms with van der Waals surface area (Å²) in [6.45, 7) is 5.04. The van der Waals surface area contributed by atoms with Crippen LogP contribution in [0.5, 0.6) is 0 Å². The van der Waals surface area contributed by atoms with E-state index < -0.39 is 0 Å². The van der Waals surface area contributed by atoms with Crippen molar-refractivity contribution in [3.8, 4) is 0 Å². The fourth-order valence-corrected chi connectivity index (χ4v) is 2.38.